The maximum absolute atomic E-state index is 8.93. The largest absolute Gasteiger partial charge is 1.00 e. The molecule has 0 aromatic heterocycles. The van der Waals surface area contributed by atoms with Crippen LogP contribution in [0.15, 0.2) is 0 Å². The summed E-state index contributed by atoms with van der Waals surface area (Å²) in [5, 5.41) is 8.93. The van der Waals surface area contributed by atoms with Crippen molar-refractivity contribution < 1.29 is 34.7 Å². The summed E-state index contributed by atoms with van der Waals surface area (Å²) in [7, 11) is 0. The van der Waals surface area contributed by atoms with E-state index >= 15 is 0 Å². The summed E-state index contributed by atoms with van der Waals surface area (Å²) in [5.41, 5.74) is 0. The van der Waals surface area contributed by atoms with Crippen LogP contribution in [-0.2, 0) is 0 Å². The zero-order chi connectivity index (χ0) is 2.71. The van der Waals surface area contributed by atoms with Gasteiger partial charge in [-0.3, -0.25) is 0 Å². The third-order valence-corrected chi connectivity index (χ3v) is 0. The van der Waals surface area contributed by atoms with Crippen LogP contribution in [0.3, 0.4) is 0 Å². The average Bonchev–Trinajstić information content (AvgIpc) is 0.918. The fourth-order valence-corrected chi connectivity index (χ4v) is 0. The van der Waals surface area contributed by atoms with Gasteiger partial charge in [-0.2, -0.15) is 0 Å². The summed E-state index contributed by atoms with van der Waals surface area (Å²) in [6.07, 6.45) is 0. The molecule has 0 aromatic carbocycles. The minimum Gasteiger partial charge on any atom is -0.855 e. The molecule has 0 heterocycles. The van der Waals surface area contributed by atoms with Gasteiger partial charge in [0.1, 0.15) is 0 Å². The molecule has 0 fully saturated rings. The van der Waals surface area contributed by atoms with E-state index in [0.717, 1.165) is 0 Å². The van der Waals surface area contributed by atoms with Gasteiger partial charge in [0.2, 0.25) is 0 Å². The van der Waals surface area contributed by atoms with Crippen molar-refractivity contribution in [3.63, 3.8) is 0 Å². The molecular formula is C3H8NaO-. The van der Waals surface area contributed by atoms with E-state index in [4.69, 9.17) is 5.11 Å². The van der Waals surface area contributed by atoms with Gasteiger partial charge in [0, 0.05) is 0 Å². The minimum atomic E-state index is 0. The van der Waals surface area contributed by atoms with Crippen LogP contribution in [-0.4, -0.2) is 6.61 Å². The van der Waals surface area contributed by atoms with E-state index in [9.17, 15) is 0 Å². The van der Waals surface area contributed by atoms with Crippen LogP contribution in [0.4, 0.5) is 0 Å². The van der Waals surface area contributed by atoms with Crippen molar-refractivity contribution in [2.75, 3.05) is 6.61 Å². The van der Waals surface area contributed by atoms with Crippen LogP contribution in [0.5, 0.6) is 0 Å². The summed E-state index contributed by atoms with van der Waals surface area (Å²) in [4.78, 5) is 0. The molecule has 1 nitrogen and oxygen atoms in total. The van der Waals surface area contributed by atoms with E-state index in [1.54, 1.807) is 6.92 Å². The Hall–Kier alpha value is 0.960. The first-order chi connectivity index (χ1) is 1.41. The molecule has 0 rings (SSSR count). The predicted molar refractivity (Wildman–Crippen MR) is 17.0 cm³/mol. The number of hydrogen-bond donors (Lipinski definition) is 0. The standard InChI is InChI=1S/C2H5O.CH3.Na/c1-2-3;;/h2H2,1H3;1H3;/q2*-1;+1. The van der Waals surface area contributed by atoms with Crippen LogP contribution in [0.2, 0.25) is 0 Å². The van der Waals surface area contributed by atoms with E-state index in [1.165, 1.54) is 0 Å². The van der Waals surface area contributed by atoms with Crippen molar-refractivity contribution in [3.05, 3.63) is 7.43 Å². The molecule has 0 radical (unpaired) electrons. The molecule has 0 aliphatic heterocycles. The van der Waals surface area contributed by atoms with Crippen molar-refractivity contribution in [2.24, 2.45) is 0 Å². The van der Waals surface area contributed by atoms with Crippen LogP contribution in [0, 0.1) is 7.43 Å². The van der Waals surface area contributed by atoms with Gasteiger partial charge in [-0.15, -0.1) is 6.61 Å². The third kappa shape index (κ3) is 47.2. The Labute approximate surface area is 55.7 Å². The smallest absolute Gasteiger partial charge is 0.855 e. The first-order valence-corrected chi connectivity index (χ1v) is 0.996. The molecule has 5 heavy (non-hydrogen) atoms. The minimum absolute atomic E-state index is 0. The van der Waals surface area contributed by atoms with Gasteiger partial charge in [0.05, 0.1) is 0 Å². The normalized spacial score (nSPS) is 3.60. The molecule has 0 spiro atoms. The molecule has 28 valence electrons. The summed E-state index contributed by atoms with van der Waals surface area (Å²) in [6, 6.07) is 0. The second-order valence-corrected chi connectivity index (χ2v) is 0.289. The van der Waals surface area contributed by atoms with Crippen LogP contribution < -0.4 is 34.7 Å². The van der Waals surface area contributed by atoms with Crippen LogP contribution in [0.25, 0.3) is 0 Å². The van der Waals surface area contributed by atoms with E-state index in [-0.39, 0.29) is 43.6 Å². The van der Waals surface area contributed by atoms with Gasteiger partial charge in [-0.05, 0) is 0 Å². The number of rotatable bonds is 0. The molecule has 0 bridgehead atoms. The van der Waals surface area contributed by atoms with E-state index in [1.807, 2.05) is 0 Å². The van der Waals surface area contributed by atoms with Gasteiger partial charge < -0.3 is 12.5 Å². The van der Waals surface area contributed by atoms with Crippen LogP contribution >= 0.6 is 0 Å². The Morgan fingerprint density at radius 1 is 1.60 bits per heavy atom. The summed E-state index contributed by atoms with van der Waals surface area (Å²) in [6.45, 7) is 1.57. The molecular weight excluding hydrogens is 75.0 g/mol. The summed E-state index contributed by atoms with van der Waals surface area (Å²) in [5.74, 6) is 0. The quantitative estimate of drug-likeness (QED) is 0.224. The zero-order valence-corrected chi connectivity index (χ0v) is 6.12. The Balaban J connectivity index is -0.0000000200. The molecule has 0 saturated carbocycles. The average molecular weight is 83.1 g/mol. The van der Waals surface area contributed by atoms with Gasteiger partial charge in [-0.25, -0.2) is 0 Å². The second kappa shape index (κ2) is 20.2. The Morgan fingerprint density at radius 2 is 1.60 bits per heavy atom. The summed E-state index contributed by atoms with van der Waals surface area (Å²) < 4.78 is 0. The SMILES string of the molecule is CC[O-].[CH3-].[Na+]. The molecule has 0 unspecified atom stereocenters. The van der Waals surface area contributed by atoms with Crippen molar-refractivity contribution in [1.82, 2.24) is 0 Å². The topological polar surface area (TPSA) is 23.1 Å². The van der Waals surface area contributed by atoms with E-state index in [2.05, 4.69) is 0 Å². The molecule has 0 aliphatic rings. The van der Waals surface area contributed by atoms with Crippen LogP contribution in [0.1, 0.15) is 6.92 Å². The Bertz CT molecular complexity index is 6.85. The molecule has 0 saturated heterocycles. The van der Waals surface area contributed by atoms with Crippen molar-refractivity contribution >= 4 is 0 Å². The molecule has 0 aromatic rings. The monoisotopic (exact) mass is 83.0 g/mol. The fourth-order valence-electron chi connectivity index (χ4n) is 0. The maximum Gasteiger partial charge on any atom is 1.00 e. The van der Waals surface area contributed by atoms with Gasteiger partial charge in [0.15, 0.2) is 0 Å². The zero-order valence-electron chi connectivity index (χ0n) is 4.12. The predicted octanol–water partition coefficient (Wildman–Crippen LogP) is -3.18. The van der Waals surface area contributed by atoms with E-state index < -0.39 is 0 Å². The summed E-state index contributed by atoms with van der Waals surface area (Å²) >= 11 is 0. The Morgan fingerprint density at radius 3 is 1.60 bits per heavy atom. The fraction of sp³-hybridized carbons (Fsp3) is 0.667. The molecule has 0 atom stereocenters. The molecule has 2 heteroatoms. The third-order valence-electron chi connectivity index (χ3n) is 0. The van der Waals surface area contributed by atoms with Gasteiger partial charge >= 0.3 is 29.6 Å². The van der Waals surface area contributed by atoms with Crippen molar-refractivity contribution in [1.29, 1.82) is 0 Å². The Kier molecular flexibility index (Phi) is 67.8. The van der Waals surface area contributed by atoms with E-state index in [0.29, 0.717) is 0 Å². The molecule has 0 aliphatic carbocycles. The first-order valence-electron chi connectivity index (χ1n) is 0.996. The second-order valence-electron chi connectivity index (χ2n) is 0.289. The molecule has 0 amide bonds. The first kappa shape index (κ1) is 16.7. The van der Waals surface area contributed by atoms with Crippen molar-refractivity contribution in [2.45, 2.75) is 6.92 Å². The van der Waals surface area contributed by atoms with Gasteiger partial charge in [0.25, 0.3) is 0 Å². The maximum atomic E-state index is 8.93. The molecule has 0 N–H and O–H groups in total. The number of hydrogen-bond acceptors (Lipinski definition) is 1. The van der Waals surface area contributed by atoms with Gasteiger partial charge in [-0.1, -0.05) is 6.92 Å². The van der Waals surface area contributed by atoms with Crippen molar-refractivity contribution in [3.8, 4) is 0 Å².